The number of carbonyl (C=O) groups is 2. The summed E-state index contributed by atoms with van der Waals surface area (Å²) >= 11 is 0. The molecule has 0 aliphatic carbocycles. The second kappa shape index (κ2) is 10.1. The maximum Gasteiger partial charge on any atom is 0.278 e. The molecule has 32 heavy (non-hydrogen) atoms. The Morgan fingerprint density at radius 3 is 2.28 bits per heavy atom. The van der Waals surface area contributed by atoms with E-state index in [9.17, 15) is 14.0 Å². The lowest BCUT2D eigenvalue weighted by atomic mass is 10.0. The fourth-order valence-corrected chi connectivity index (χ4v) is 4.02. The lowest BCUT2D eigenvalue weighted by molar-refractivity contribution is -0.136. The molecule has 1 fully saturated rings. The summed E-state index contributed by atoms with van der Waals surface area (Å²) in [7, 11) is 0. The molecule has 168 valence electrons. The Morgan fingerprint density at radius 1 is 0.938 bits per heavy atom. The molecule has 0 bridgehead atoms. The highest BCUT2D eigenvalue weighted by Crippen LogP contribution is 2.31. The van der Waals surface area contributed by atoms with E-state index < -0.39 is 5.82 Å². The monoisotopic (exact) mass is 437 g/mol. The number of nitrogens with zero attached hydrogens (tertiary/aromatic N) is 2. The summed E-state index contributed by atoms with van der Waals surface area (Å²) in [6.45, 7) is 6.35. The van der Waals surface area contributed by atoms with E-state index in [1.165, 1.54) is 34.7 Å². The van der Waals surface area contributed by atoms with Crippen LogP contribution in [-0.4, -0.2) is 61.0 Å². The Bertz CT molecular complexity index is 996. The number of hydrogen-bond donors (Lipinski definition) is 1. The van der Waals surface area contributed by atoms with E-state index in [0.717, 1.165) is 31.7 Å². The van der Waals surface area contributed by atoms with Crippen molar-refractivity contribution in [1.29, 1.82) is 0 Å². The number of hydrogen-bond acceptors (Lipinski definition) is 5. The normalized spacial score (nSPS) is 17.4. The van der Waals surface area contributed by atoms with Crippen LogP contribution in [0.3, 0.4) is 0 Å². The molecule has 6 nitrogen and oxygen atoms in total. The Morgan fingerprint density at radius 2 is 1.62 bits per heavy atom. The van der Waals surface area contributed by atoms with E-state index in [-0.39, 0.29) is 23.1 Å². The number of nitrogens with one attached hydrogen (secondary N) is 1. The highest BCUT2D eigenvalue weighted by Gasteiger charge is 2.39. The van der Waals surface area contributed by atoms with Gasteiger partial charge in [-0.2, -0.15) is 0 Å². The average molecular weight is 438 g/mol. The third-order valence-electron chi connectivity index (χ3n) is 5.89. The van der Waals surface area contributed by atoms with Gasteiger partial charge in [0.15, 0.2) is 0 Å². The first kappa shape index (κ1) is 22.2. The molecule has 2 aliphatic heterocycles. The SMILES string of the molecule is CCc1ccc(NC2=C(c3ccc(F)cc3)C(=O)N(CCCN3CCOCC3)C2=O)cc1. The number of carbonyl (C=O) groups excluding carboxylic acids is 2. The first-order valence-corrected chi connectivity index (χ1v) is 11.1. The zero-order chi connectivity index (χ0) is 22.5. The van der Waals surface area contributed by atoms with Crippen molar-refractivity contribution in [2.24, 2.45) is 0 Å². The van der Waals surface area contributed by atoms with Gasteiger partial charge < -0.3 is 10.1 Å². The number of benzene rings is 2. The van der Waals surface area contributed by atoms with E-state index in [0.29, 0.717) is 31.7 Å². The van der Waals surface area contributed by atoms with Gasteiger partial charge in [0.1, 0.15) is 11.5 Å². The van der Waals surface area contributed by atoms with Gasteiger partial charge in [-0.15, -0.1) is 0 Å². The van der Waals surface area contributed by atoms with Gasteiger partial charge >= 0.3 is 0 Å². The van der Waals surface area contributed by atoms with Crippen LogP contribution < -0.4 is 5.32 Å². The number of rotatable bonds is 8. The van der Waals surface area contributed by atoms with Gasteiger partial charge in [-0.25, -0.2) is 4.39 Å². The van der Waals surface area contributed by atoms with E-state index in [1.807, 2.05) is 24.3 Å². The van der Waals surface area contributed by atoms with Crippen molar-refractivity contribution in [3.63, 3.8) is 0 Å². The zero-order valence-corrected chi connectivity index (χ0v) is 18.3. The van der Waals surface area contributed by atoms with Crippen LogP contribution in [0.15, 0.2) is 54.2 Å². The number of imide groups is 1. The van der Waals surface area contributed by atoms with Crippen LogP contribution in [0.2, 0.25) is 0 Å². The molecule has 2 aliphatic rings. The lowest BCUT2D eigenvalue weighted by Crippen LogP contribution is -2.39. The molecule has 0 saturated carbocycles. The Kier molecular flexibility index (Phi) is 6.97. The third-order valence-corrected chi connectivity index (χ3v) is 5.89. The number of anilines is 1. The summed E-state index contributed by atoms with van der Waals surface area (Å²) in [6, 6.07) is 13.4. The van der Waals surface area contributed by atoms with Crippen LogP contribution in [-0.2, 0) is 20.7 Å². The molecule has 0 aromatic heterocycles. The molecule has 2 aromatic carbocycles. The van der Waals surface area contributed by atoms with Crippen molar-refractivity contribution in [2.45, 2.75) is 19.8 Å². The van der Waals surface area contributed by atoms with E-state index in [2.05, 4.69) is 17.1 Å². The van der Waals surface area contributed by atoms with Crippen molar-refractivity contribution >= 4 is 23.1 Å². The van der Waals surface area contributed by atoms with Gasteiger partial charge in [-0.05, 0) is 48.2 Å². The molecule has 0 radical (unpaired) electrons. The zero-order valence-electron chi connectivity index (χ0n) is 18.3. The average Bonchev–Trinajstić information content (AvgIpc) is 3.05. The second-order valence-corrected chi connectivity index (χ2v) is 8.00. The standard InChI is InChI=1S/C25H28FN3O3/c1-2-18-4-10-21(11-5-18)27-23-22(19-6-8-20(26)9-7-19)24(30)29(25(23)31)13-3-12-28-14-16-32-17-15-28/h4-11,27H,2-3,12-17H2,1H3. The van der Waals surface area contributed by atoms with Gasteiger partial charge in [-0.3, -0.25) is 19.4 Å². The third kappa shape index (κ3) is 4.89. The van der Waals surface area contributed by atoms with Gasteiger partial charge in [0.2, 0.25) is 0 Å². The van der Waals surface area contributed by atoms with Crippen molar-refractivity contribution in [3.8, 4) is 0 Å². The van der Waals surface area contributed by atoms with Gasteiger partial charge in [0, 0.05) is 31.9 Å². The maximum atomic E-state index is 13.5. The number of ether oxygens (including phenoxy) is 1. The van der Waals surface area contributed by atoms with E-state index in [1.54, 1.807) is 0 Å². The molecule has 2 amide bonds. The molecule has 2 aromatic rings. The first-order chi connectivity index (χ1) is 15.6. The van der Waals surface area contributed by atoms with Gasteiger partial charge in [0.25, 0.3) is 11.8 Å². The molecular weight excluding hydrogens is 409 g/mol. The summed E-state index contributed by atoms with van der Waals surface area (Å²) in [5.74, 6) is -1.09. The minimum absolute atomic E-state index is 0.234. The molecule has 1 N–H and O–H groups in total. The number of amides is 2. The van der Waals surface area contributed by atoms with Crippen molar-refractivity contribution in [1.82, 2.24) is 9.80 Å². The highest BCUT2D eigenvalue weighted by molar-refractivity contribution is 6.36. The molecule has 7 heteroatoms. The van der Waals surface area contributed by atoms with Crippen LogP contribution in [0.5, 0.6) is 0 Å². The highest BCUT2D eigenvalue weighted by atomic mass is 19.1. The fourth-order valence-electron chi connectivity index (χ4n) is 4.02. The van der Waals surface area contributed by atoms with Crippen molar-refractivity contribution in [2.75, 3.05) is 44.7 Å². The Labute approximate surface area is 187 Å². The molecule has 0 unspecified atom stereocenters. The quantitative estimate of drug-likeness (QED) is 0.642. The Hall–Kier alpha value is -3.03. The summed E-state index contributed by atoms with van der Waals surface area (Å²) in [5.41, 5.74) is 2.95. The lowest BCUT2D eigenvalue weighted by Gasteiger charge is -2.27. The van der Waals surface area contributed by atoms with Gasteiger partial charge in [0.05, 0.1) is 18.8 Å². The van der Waals surface area contributed by atoms with Crippen LogP contribution in [0, 0.1) is 5.82 Å². The number of morpholine rings is 1. The molecule has 1 saturated heterocycles. The van der Waals surface area contributed by atoms with Crippen molar-refractivity contribution in [3.05, 3.63) is 71.2 Å². The fraction of sp³-hybridized carbons (Fsp3) is 0.360. The first-order valence-electron chi connectivity index (χ1n) is 11.1. The topological polar surface area (TPSA) is 61.9 Å². The van der Waals surface area contributed by atoms with Crippen molar-refractivity contribution < 1.29 is 18.7 Å². The minimum Gasteiger partial charge on any atom is -0.379 e. The second-order valence-electron chi connectivity index (χ2n) is 8.00. The molecule has 0 spiro atoms. The number of halogens is 1. The maximum absolute atomic E-state index is 13.5. The predicted molar refractivity (Wildman–Crippen MR) is 121 cm³/mol. The summed E-state index contributed by atoms with van der Waals surface area (Å²) in [5, 5.41) is 3.15. The summed E-state index contributed by atoms with van der Waals surface area (Å²) in [6.07, 6.45) is 1.60. The van der Waals surface area contributed by atoms with Crippen LogP contribution in [0.1, 0.15) is 24.5 Å². The molecule has 4 rings (SSSR count). The van der Waals surface area contributed by atoms with Crippen LogP contribution >= 0.6 is 0 Å². The molecule has 0 atom stereocenters. The summed E-state index contributed by atoms with van der Waals surface area (Å²) in [4.78, 5) is 30.1. The van der Waals surface area contributed by atoms with Crippen LogP contribution in [0.4, 0.5) is 10.1 Å². The van der Waals surface area contributed by atoms with Crippen LogP contribution in [0.25, 0.3) is 5.57 Å². The smallest absolute Gasteiger partial charge is 0.278 e. The summed E-state index contributed by atoms with van der Waals surface area (Å²) < 4.78 is 18.8. The van der Waals surface area contributed by atoms with E-state index >= 15 is 0 Å². The van der Waals surface area contributed by atoms with Gasteiger partial charge in [-0.1, -0.05) is 31.2 Å². The molecule has 2 heterocycles. The minimum atomic E-state index is -0.391. The Balaban J connectivity index is 1.55. The largest absolute Gasteiger partial charge is 0.379 e. The van der Waals surface area contributed by atoms with E-state index in [4.69, 9.17) is 4.74 Å². The predicted octanol–water partition coefficient (Wildman–Crippen LogP) is 3.30. The molecular formula is C25H28FN3O3. The number of aryl methyl sites for hydroxylation is 1.